The smallest absolute Gasteiger partial charge is 0.420 e. The van der Waals surface area contributed by atoms with Gasteiger partial charge in [-0.3, -0.25) is 4.57 Å². The molecule has 1 N–H and O–H groups in total. The van der Waals surface area contributed by atoms with E-state index in [9.17, 15) is 14.4 Å². The van der Waals surface area contributed by atoms with Crippen LogP contribution < -0.4 is 11.1 Å². The van der Waals surface area contributed by atoms with E-state index in [0.29, 0.717) is 42.7 Å². The third-order valence-corrected chi connectivity index (χ3v) is 5.37. The Hall–Kier alpha value is -2.97. The highest BCUT2D eigenvalue weighted by Gasteiger charge is 2.30. The summed E-state index contributed by atoms with van der Waals surface area (Å²) >= 11 is 0. The predicted octanol–water partition coefficient (Wildman–Crippen LogP) is 4.04. The monoisotopic (exact) mass is 432 g/mol. The van der Waals surface area contributed by atoms with Crippen molar-refractivity contribution in [2.24, 2.45) is 0 Å². The van der Waals surface area contributed by atoms with Crippen LogP contribution in [0.4, 0.5) is 15.3 Å². The van der Waals surface area contributed by atoms with E-state index in [2.05, 4.69) is 5.32 Å². The van der Waals surface area contributed by atoms with Crippen molar-refractivity contribution in [1.82, 2.24) is 14.4 Å². The Kier molecular flexibility index (Phi) is 6.33. The van der Waals surface area contributed by atoms with Gasteiger partial charge in [0, 0.05) is 44.0 Å². The number of likely N-dealkylation sites (tertiary alicyclic amines) is 1. The maximum absolute atomic E-state index is 12.7. The first-order valence-corrected chi connectivity index (χ1v) is 10.6. The predicted molar refractivity (Wildman–Crippen MR) is 118 cm³/mol. The van der Waals surface area contributed by atoms with Gasteiger partial charge in [-0.2, -0.15) is 0 Å². The Labute approximate surface area is 181 Å². The van der Waals surface area contributed by atoms with E-state index in [1.54, 1.807) is 39.6 Å². The van der Waals surface area contributed by atoms with E-state index in [1.807, 2.05) is 34.6 Å². The van der Waals surface area contributed by atoms with E-state index in [0.717, 1.165) is 0 Å². The number of rotatable bonds is 3. The number of benzene rings is 1. The van der Waals surface area contributed by atoms with Gasteiger partial charge in [0.05, 0.1) is 5.52 Å². The van der Waals surface area contributed by atoms with Crippen molar-refractivity contribution < 1.29 is 18.7 Å². The first-order valence-electron chi connectivity index (χ1n) is 10.6. The molecule has 0 radical (unpaired) electrons. The fraction of sp³-hybridized carbons (Fsp3) is 0.591. The Morgan fingerprint density at radius 1 is 1.23 bits per heavy atom. The van der Waals surface area contributed by atoms with Crippen molar-refractivity contribution >= 4 is 28.9 Å². The number of carbonyl (C=O) groups excluding carboxylic acids is 2. The number of oxazole rings is 1. The molecule has 1 saturated heterocycles. The lowest BCUT2D eigenvalue weighted by Crippen LogP contribution is -2.49. The fourth-order valence-electron chi connectivity index (χ4n) is 3.74. The standard InChI is InChI=1S/C22H32N4O5/c1-14(2)26-17-8-7-15(13-18(17)30-21(26)29)23-19(27)24(6)16-9-11-25(12-10-16)20(28)31-22(3,4)5/h7-8,13-14,16H,9-12H2,1-6H3,(H,23,27). The quantitative estimate of drug-likeness (QED) is 0.790. The topological polar surface area (TPSA) is 97.0 Å². The van der Waals surface area contributed by atoms with E-state index in [-0.39, 0.29) is 24.2 Å². The third-order valence-electron chi connectivity index (χ3n) is 5.37. The van der Waals surface area contributed by atoms with Gasteiger partial charge in [-0.1, -0.05) is 0 Å². The second-order valence-corrected chi connectivity index (χ2v) is 9.25. The first kappa shape index (κ1) is 22.7. The number of piperidine rings is 1. The number of carbonyl (C=O) groups is 2. The van der Waals surface area contributed by atoms with Gasteiger partial charge in [0.25, 0.3) is 0 Å². The maximum Gasteiger partial charge on any atom is 0.420 e. The van der Waals surface area contributed by atoms with Crippen molar-refractivity contribution in [2.75, 3.05) is 25.5 Å². The molecule has 1 aliphatic rings. The van der Waals surface area contributed by atoms with Crippen LogP contribution in [0.1, 0.15) is 53.5 Å². The summed E-state index contributed by atoms with van der Waals surface area (Å²) in [7, 11) is 1.75. The Morgan fingerprint density at radius 2 is 1.87 bits per heavy atom. The molecule has 1 aliphatic heterocycles. The molecule has 0 aliphatic carbocycles. The normalized spacial score (nSPS) is 15.4. The van der Waals surface area contributed by atoms with Crippen molar-refractivity contribution in [3.05, 3.63) is 28.7 Å². The zero-order valence-corrected chi connectivity index (χ0v) is 19.1. The lowest BCUT2D eigenvalue weighted by atomic mass is 10.0. The maximum atomic E-state index is 12.7. The van der Waals surface area contributed by atoms with Crippen LogP contribution in [-0.4, -0.2) is 58.3 Å². The molecule has 2 heterocycles. The van der Waals surface area contributed by atoms with Gasteiger partial charge in [-0.15, -0.1) is 0 Å². The van der Waals surface area contributed by atoms with E-state index < -0.39 is 11.4 Å². The molecule has 1 aromatic heterocycles. The summed E-state index contributed by atoms with van der Waals surface area (Å²) in [6, 6.07) is 4.93. The van der Waals surface area contributed by atoms with Gasteiger partial charge in [-0.25, -0.2) is 14.4 Å². The molecule has 9 heteroatoms. The average molecular weight is 433 g/mol. The SMILES string of the molecule is CC(C)n1c(=O)oc2cc(NC(=O)N(C)C3CCN(C(=O)OC(C)(C)C)CC3)ccc21. The number of anilines is 1. The zero-order valence-electron chi connectivity index (χ0n) is 19.1. The summed E-state index contributed by atoms with van der Waals surface area (Å²) in [5.41, 5.74) is 1.16. The number of fused-ring (bicyclic) bond motifs is 1. The number of amides is 3. The van der Waals surface area contributed by atoms with Gasteiger partial charge in [0.2, 0.25) is 0 Å². The fourth-order valence-corrected chi connectivity index (χ4v) is 3.74. The molecular formula is C22H32N4O5. The minimum absolute atomic E-state index is 0.0161. The molecule has 3 amide bonds. The Balaban J connectivity index is 1.60. The molecule has 31 heavy (non-hydrogen) atoms. The van der Waals surface area contributed by atoms with E-state index in [1.165, 1.54) is 0 Å². The lowest BCUT2D eigenvalue weighted by Gasteiger charge is -2.37. The highest BCUT2D eigenvalue weighted by molar-refractivity contribution is 5.91. The Bertz CT molecular complexity index is 1010. The molecule has 2 aromatic rings. The largest absolute Gasteiger partial charge is 0.444 e. The van der Waals surface area contributed by atoms with Gasteiger partial charge in [0.15, 0.2) is 5.58 Å². The molecule has 9 nitrogen and oxygen atoms in total. The van der Waals surface area contributed by atoms with Gasteiger partial charge in [0.1, 0.15) is 5.60 Å². The summed E-state index contributed by atoms with van der Waals surface area (Å²) in [6.45, 7) is 10.4. The van der Waals surface area contributed by atoms with Crippen molar-refractivity contribution in [1.29, 1.82) is 0 Å². The highest BCUT2D eigenvalue weighted by Crippen LogP contribution is 2.23. The lowest BCUT2D eigenvalue weighted by molar-refractivity contribution is 0.0174. The van der Waals surface area contributed by atoms with Crippen LogP contribution in [0.5, 0.6) is 0 Å². The summed E-state index contributed by atoms with van der Waals surface area (Å²) < 4.78 is 12.3. The number of nitrogens with zero attached hydrogens (tertiary/aromatic N) is 3. The van der Waals surface area contributed by atoms with Crippen molar-refractivity contribution in [3.63, 3.8) is 0 Å². The molecule has 3 rings (SSSR count). The molecule has 1 aromatic carbocycles. The third kappa shape index (κ3) is 5.21. The molecule has 0 unspecified atom stereocenters. The molecule has 0 atom stereocenters. The van der Waals surface area contributed by atoms with Crippen LogP contribution in [0, 0.1) is 0 Å². The summed E-state index contributed by atoms with van der Waals surface area (Å²) in [5, 5.41) is 2.86. The number of hydrogen-bond donors (Lipinski definition) is 1. The number of urea groups is 1. The van der Waals surface area contributed by atoms with Gasteiger partial charge < -0.3 is 24.3 Å². The highest BCUT2D eigenvalue weighted by atomic mass is 16.6. The molecular weight excluding hydrogens is 400 g/mol. The summed E-state index contributed by atoms with van der Waals surface area (Å²) in [5.74, 6) is -0.414. The number of hydrogen-bond acceptors (Lipinski definition) is 5. The number of aromatic nitrogens is 1. The van der Waals surface area contributed by atoms with Gasteiger partial charge in [-0.05, 0) is 59.6 Å². The van der Waals surface area contributed by atoms with Gasteiger partial charge >= 0.3 is 17.9 Å². The van der Waals surface area contributed by atoms with E-state index in [4.69, 9.17) is 9.15 Å². The molecule has 0 spiro atoms. The summed E-state index contributed by atoms with van der Waals surface area (Å²) in [4.78, 5) is 40.3. The van der Waals surface area contributed by atoms with Crippen LogP contribution >= 0.6 is 0 Å². The molecule has 0 bridgehead atoms. The van der Waals surface area contributed by atoms with Crippen molar-refractivity contribution in [3.8, 4) is 0 Å². The van der Waals surface area contributed by atoms with Crippen LogP contribution in [0.25, 0.3) is 11.1 Å². The number of nitrogens with one attached hydrogen (secondary N) is 1. The van der Waals surface area contributed by atoms with Crippen molar-refractivity contribution in [2.45, 2.75) is 65.1 Å². The number of ether oxygens (including phenoxy) is 1. The average Bonchev–Trinajstić information content (AvgIpc) is 3.01. The molecule has 1 fully saturated rings. The summed E-state index contributed by atoms with van der Waals surface area (Å²) in [6.07, 6.45) is 1.03. The Morgan fingerprint density at radius 3 is 2.45 bits per heavy atom. The molecule has 170 valence electrons. The second kappa shape index (κ2) is 8.64. The van der Waals surface area contributed by atoms with E-state index >= 15 is 0 Å². The van der Waals surface area contributed by atoms with Crippen LogP contribution in [0.2, 0.25) is 0 Å². The first-order chi connectivity index (χ1) is 14.5. The van der Waals surface area contributed by atoms with Crippen LogP contribution in [0.3, 0.4) is 0 Å². The molecule has 0 saturated carbocycles. The van der Waals surface area contributed by atoms with Crippen LogP contribution in [-0.2, 0) is 4.74 Å². The minimum atomic E-state index is -0.527. The van der Waals surface area contributed by atoms with Crippen LogP contribution in [0.15, 0.2) is 27.4 Å². The second-order valence-electron chi connectivity index (χ2n) is 9.25. The minimum Gasteiger partial charge on any atom is -0.444 e. The zero-order chi connectivity index (χ0) is 22.9.